The van der Waals surface area contributed by atoms with E-state index in [2.05, 4.69) is 0 Å². The lowest BCUT2D eigenvalue weighted by molar-refractivity contribution is -0.138. The van der Waals surface area contributed by atoms with Crippen molar-refractivity contribution in [1.82, 2.24) is 4.90 Å². The first-order valence-corrected chi connectivity index (χ1v) is 7.23. The summed E-state index contributed by atoms with van der Waals surface area (Å²) < 4.78 is 5.12. The summed E-state index contributed by atoms with van der Waals surface area (Å²) in [6.07, 6.45) is 3.86. The highest BCUT2D eigenvalue weighted by atomic mass is 16.5. The summed E-state index contributed by atoms with van der Waals surface area (Å²) >= 11 is 0. The van der Waals surface area contributed by atoms with Gasteiger partial charge in [0.1, 0.15) is 6.54 Å². The fraction of sp³-hybridized carbons (Fsp3) is 0.500. The normalized spacial score (nSPS) is 15.1. The van der Waals surface area contributed by atoms with Crippen LogP contribution in [-0.4, -0.2) is 41.6 Å². The Balaban J connectivity index is 2.26. The predicted molar refractivity (Wildman–Crippen MR) is 78.1 cm³/mol. The van der Waals surface area contributed by atoms with Crippen LogP contribution in [0.25, 0.3) is 0 Å². The van der Waals surface area contributed by atoms with Gasteiger partial charge < -0.3 is 14.7 Å². The SMILES string of the molecule is COCc1ccccc1C(=O)N(CC(=O)O)C1CCCC1. The standard InChI is InChI=1S/C16H21NO4/c1-21-11-12-6-2-5-9-14(12)16(20)17(10-15(18)19)13-7-3-4-8-13/h2,5-6,9,13H,3-4,7-8,10-11H2,1H3,(H,18,19). The molecule has 1 amide bonds. The first-order chi connectivity index (χ1) is 10.1. The highest BCUT2D eigenvalue weighted by molar-refractivity contribution is 5.97. The van der Waals surface area contributed by atoms with Crippen molar-refractivity contribution < 1.29 is 19.4 Å². The molecule has 114 valence electrons. The van der Waals surface area contributed by atoms with Crippen molar-refractivity contribution >= 4 is 11.9 Å². The molecule has 0 unspecified atom stereocenters. The molecular formula is C16H21NO4. The number of carboxylic acids is 1. The van der Waals surface area contributed by atoms with Crippen LogP contribution in [0, 0.1) is 0 Å². The van der Waals surface area contributed by atoms with E-state index in [0.29, 0.717) is 12.2 Å². The monoisotopic (exact) mass is 291 g/mol. The van der Waals surface area contributed by atoms with Crippen molar-refractivity contribution in [3.8, 4) is 0 Å². The fourth-order valence-corrected chi connectivity index (χ4v) is 2.89. The molecule has 2 rings (SSSR count). The number of carbonyl (C=O) groups excluding carboxylic acids is 1. The molecule has 5 heteroatoms. The Morgan fingerprint density at radius 1 is 1.29 bits per heavy atom. The topological polar surface area (TPSA) is 66.8 Å². The number of hydrogen-bond acceptors (Lipinski definition) is 3. The highest BCUT2D eigenvalue weighted by Gasteiger charge is 2.29. The summed E-state index contributed by atoms with van der Waals surface area (Å²) in [5.41, 5.74) is 1.32. The maximum absolute atomic E-state index is 12.8. The molecule has 1 aromatic carbocycles. The number of benzene rings is 1. The Hall–Kier alpha value is -1.88. The van der Waals surface area contributed by atoms with Gasteiger partial charge in [-0.25, -0.2) is 0 Å². The summed E-state index contributed by atoms with van der Waals surface area (Å²) in [5.74, 6) is -1.18. The minimum absolute atomic E-state index is 0.0317. The average Bonchev–Trinajstić information content (AvgIpc) is 2.99. The third kappa shape index (κ3) is 3.82. The summed E-state index contributed by atoms with van der Waals surface area (Å²) in [6.45, 7) is 0.0955. The van der Waals surface area contributed by atoms with Gasteiger partial charge in [-0.05, 0) is 24.5 Å². The van der Waals surface area contributed by atoms with Gasteiger partial charge in [0.05, 0.1) is 6.61 Å². The third-order valence-corrected chi connectivity index (χ3v) is 3.88. The van der Waals surface area contributed by atoms with Gasteiger partial charge in [0.15, 0.2) is 0 Å². The van der Waals surface area contributed by atoms with E-state index < -0.39 is 5.97 Å². The molecule has 0 aliphatic heterocycles. The van der Waals surface area contributed by atoms with Crippen molar-refractivity contribution in [2.45, 2.75) is 38.3 Å². The van der Waals surface area contributed by atoms with Crippen LogP contribution in [0.5, 0.6) is 0 Å². The molecule has 1 aromatic rings. The molecular weight excluding hydrogens is 270 g/mol. The van der Waals surface area contributed by atoms with Crippen LogP contribution in [0.3, 0.4) is 0 Å². The Morgan fingerprint density at radius 3 is 2.57 bits per heavy atom. The molecule has 0 radical (unpaired) electrons. The Morgan fingerprint density at radius 2 is 1.95 bits per heavy atom. The van der Waals surface area contributed by atoms with Crippen LogP contribution in [0.15, 0.2) is 24.3 Å². The van der Waals surface area contributed by atoms with Gasteiger partial charge in [-0.1, -0.05) is 31.0 Å². The quantitative estimate of drug-likeness (QED) is 0.873. The van der Waals surface area contributed by atoms with Crippen molar-refractivity contribution in [2.75, 3.05) is 13.7 Å². The Kier molecular flexibility index (Phi) is 5.33. The van der Waals surface area contributed by atoms with E-state index in [9.17, 15) is 9.59 Å². The molecule has 0 spiro atoms. The van der Waals surface area contributed by atoms with Gasteiger partial charge in [-0.15, -0.1) is 0 Å². The second kappa shape index (κ2) is 7.22. The molecule has 21 heavy (non-hydrogen) atoms. The van der Waals surface area contributed by atoms with E-state index >= 15 is 0 Å². The zero-order valence-corrected chi connectivity index (χ0v) is 12.2. The molecule has 1 aliphatic carbocycles. The molecule has 1 aliphatic rings. The molecule has 5 nitrogen and oxygen atoms in total. The molecule has 0 bridgehead atoms. The zero-order chi connectivity index (χ0) is 15.2. The number of methoxy groups -OCH3 is 1. The van der Waals surface area contributed by atoms with Crippen LogP contribution in [0.2, 0.25) is 0 Å². The van der Waals surface area contributed by atoms with E-state index in [1.165, 1.54) is 4.90 Å². The maximum Gasteiger partial charge on any atom is 0.323 e. The number of hydrogen-bond donors (Lipinski definition) is 1. The molecule has 1 N–H and O–H groups in total. The summed E-state index contributed by atoms with van der Waals surface area (Å²) in [5, 5.41) is 9.09. The largest absolute Gasteiger partial charge is 0.480 e. The predicted octanol–water partition coefficient (Wildman–Crippen LogP) is 2.30. The maximum atomic E-state index is 12.8. The average molecular weight is 291 g/mol. The van der Waals surface area contributed by atoms with Gasteiger partial charge in [0, 0.05) is 18.7 Å². The van der Waals surface area contributed by atoms with Gasteiger partial charge >= 0.3 is 5.97 Å². The first-order valence-electron chi connectivity index (χ1n) is 7.23. The second-order valence-corrected chi connectivity index (χ2v) is 5.36. The van der Waals surface area contributed by atoms with E-state index in [4.69, 9.17) is 9.84 Å². The number of carboxylic acid groups (broad SMARTS) is 1. The lowest BCUT2D eigenvalue weighted by Gasteiger charge is -2.28. The summed E-state index contributed by atoms with van der Waals surface area (Å²) in [7, 11) is 1.58. The van der Waals surface area contributed by atoms with Crippen LogP contribution in [0.1, 0.15) is 41.6 Å². The Bertz CT molecular complexity index is 509. The number of carbonyl (C=O) groups is 2. The lowest BCUT2D eigenvalue weighted by Crippen LogP contribution is -2.42. The molecule has 0 saturated heterocycles. The third-order valence-electron chi connectivity index (χ3n) is 3.88. The molecule has 0 heterocycles. The van der Waals surface area contributed by atoms with E-state index in [0.717, 1.165) is 31.2 Å². The molecule has 1 saturated carbocycles. The summed E-state index contributed by atoms with van der Waals surface area (Å²) in [4.78, 5) is 25.4. The van der Waals surface area contributed by atoms with Crippen molar-refractivity contribution in [2.24, 2.45) is 0 Å². The zero-order valence-electron chi connectivity index (χ0n) is 12.2. The summed E-state index contributed by atoms with van der Waals surface area (Å²) in [6, 6.07) is 7.25. The second-order valence-electron chi connectivity index (χ2n) is 5.36. The Labute approximate surface area is 124 Å². The number of aliphatic carboxylic acids is 1. The lowest BCUT2D eigenvalue weighted by atomic mass is 10.1. The van der Waals surface area contributed by atoms with Gasteiger partial charge in [0.2, 0.25) is 0 Å². The van der Waals surface area contributed by atoms with Gasteiger partial charge in [-0.2, -0.15) is 0 Å². The van der Waals surface area contributed by atoms with Crippen LogP contribution < -0.4 is 0 Å². The van der Waals surface area contributed by atoms with Crippen LogP contribution in [0.4, 0.5) is 0 Å². The molecule has 1 fully saturated rings. The molecule has 0 aromatic heterocycles. The highest BCUT2D eigenvalue weighted by Crippen LogP contribution is 2.25. The van der Waals surface area contributed by atoms with Gasteiger partial charge in [0.25, 0.3) is 5.91 Å². The van der Waals surface area contributed by atoms with Crippen LogP contribution in [-0.2, 0) is 16.1 Å². The van der Waals surface area contributed by atoms with E-state index in [1.807, 2.05) is 12.1 Å². The van der Waals surface area contributed by atoms with E-state index in [-0.39, 0.29) is 18.5 Å². The van der Waals surface area contributed by atoms with Crippen molar-refractivity contribution in [3.63, 3.8) is 0 Å². The number of amides is 1. The van der Waals surface area contributed by atoms with Crippen molar-refractivity contribution in [3.05, 3.63) is 35.4 Å². The molecule has 0 atom stereocenters. The number of rotatable bonds is 6. The van der Waals surface area contributed by atoms with Crippen molar-refractivity contribution in [1.29, 1.82) is 0 Å². The minimum atomic E-state index is -0.973. The minimum Gasteiger partial charge on any atom is -0.480 e. The number of ether oxygens (including phenoxy) is 1. The van der Waals surface area contributed by atoms with Crippen LogP contribution >= 0.6 is 0 Å². The van der Waals surface area contributed by atoms with E-state index in [1.54, 1.807) is 19.2 Å². The first kappa shape index (κ1) is 15.5. The smallest absolute Gasteiger partial charge is 0.323 e. The fourth-order valence-electron chi connectivity index (χ4n) is 2.89. The number of nitrogens with zero attached hydrogens (tertiary/aromatic N) is 1. The van der Waals surface area contributed by atoms with Gasteiger partial charge in [-0.3, -0.25) is 9.59 Å².